The Balaban J connectivity index is 2.66. The van der Waals surface area contributed by atoms with Gasteiger partial charge in [-0.1, -0.05) is 6.92 Å². The molecule has 0 aliphatic heterocycles. The number of sulfone groups is 1. The third-order valence-electron chi connectivity index (χ3n) is 2.94. The number of methoxy groups -OCH3 is 1. The minimum Gasteiger partial charge on any atom is -0.383 e. The maximum atomic E-state index is 11.6. The fraction of sp³-hybridized carbons (Fsp3) is 1.00. The van der Waals surface area contributed by atoms with Crippen LogP contribution in [-0.2, 0) is 14.6 Å². The molecular formula is C9H19NO3S. The van der Waals surface area contributed by atoms with E-state index in [1.807, 2.05) is 0 Å². The molecule has 0 amide bonds. The summed E-state index contributed by atoms with van der Waals surface area (Å²) in [6, 6.07) is 0. The Morgan fingerprint density at radius 1 is 1.57 bits per heavy atom. The van der Waals surface area contributed by atoms with Crippen LogP contribution in [0.5, 0.6) is 0 Å². The molecule has 0 aromatic carbocycles. The van der Waals surface area contributed by atoms with Gasteiger partial charge in [-0.15, -0.1) is 0 Å². The lowest BCUT2D eigenvalue weighted by Gasteiger charge is -2.22. The van der Waals surface area contributed by atoms with Crippen molar-refractivity contribution in [2.75, 3.05) is 19.5 Å². The SMILES string of the molecule is CCS(=O)(=O)[C@H]1CC[C@@](N)(COC)C1. The molecule has 2 N–H and O–H groups in total. The molecule has 1 aliphatic carbocycles. The number of nitrogens with two attached hydrogens (primary N) is 1. The fourth-order valence-corrected chi connectivity index (χ4v) is 3.60. The zero-order valence-corrected chi connectivity index (χ0v) is 9.64. The summed E-state index contributed by atoms with van der Waals surface area (Å²) in [7, 11) is -1.33. The molecule has 0 bridgehead atoms. The summed E-state index contributed by atoms with van der Waals surface area (Å²) in [5.74, 6) is 0.209. The lowest BCUT2D eigenvalue weighted by Crippen LogP contribution is -2.42. The van der Waals surface area contributed by atoms with Gasteiger partial charge >= 0.3 is 0 Å². The van der Waals surface area contributed by atoms with Crippen LogP contribution in [0, 0.1) is 0 Å². The van der Waals surface area contributed by atoms with Crippen molar-refractivity contribution in [2.24, 2.45) is 5.73 Å². The van der Waals surface area contributed by atoms with Crippen LogP contribution in [-0.4, -0.2) is 38.7 Å². The van der Waals surface area contributed by atoms with Crippen LogP contribution in [0.3, 0.4) is 0 Å². The van der Waals surface area contributed by atoms with Gasteiger partial charge in [0.2, 0.25) is 0 Å². The van der Waals surface area contributed by atoms with E-state index in [4.69, 9.17) is 10.5 Å². The average molecular weight is 221 g/mol. The minimum atomic E-state index is -2.92. The van der Waals surface area contributed by atoms with Crippen LogP contribution in [0.25, 0.3) is 0 Å². The second-order valence-corrected chi connectivity index (χ2v) is 6.68. The second kappa shape index (κ2) is 4.16. The molecule has 1 aliphatic rings. The Hall–Kier alpha value is -0.130. The first-order chi connectivity index (χ1) is 6.43. The number of hydrogen-bond acceptors (Lipinski definition) is 4. The molecule has 2 atom stereocenters. The van der Waals surface area contributed by atoms with Crippen LogP contribution in [0.4, 0.5) is 0 Å². The van der Waals surface area contributed by atoms with E-state index >= 15 is 0 Å². The van der Waals surface area contributed by atoms with Crippen molar-refractivity contribution in [2.45, 2.75) is 37.0 Å². The Bertz CT molecular complexity index is 288. The highest BCUT2D eigenvalue weighted by atomic mass is 32.2. The van der Waals surface area contributed by atoms with Gasteiger partial charge in [0.1, 0.15) is 0 Å². The highest BCUT2D eigenvalue weighted by Gasteiger charge is 2.41. The average Bonchev–Trinajstić information content (AvgIpc) is 2.49. The molecular weight excluding hydrogens is 202 g/mol. The molecule has 0 radical (unpaired) electrons. The van der Waals surface area contributed by atoms with Gasteiger partial charge < -0.3 is 10.5 Å². The van der Waals surface area contributed by atoms with E-state index in [9.17, 15) is 8.42 Å². The molecule has 0 heterocycles. The first-order valence-electron chi connectivity index (χ1n) is 4.93. The lowest BCUT2D eigenvalue weighted by molar-refractivity contribution is 0.135. The molecule has 0 aromatic heterocycles. The normalized spacial score (nSPS) is 33.5. The molecule has 84 valence electrons. The molecule has 0 unspecified atom stereocenters. The van der Waals surface area contributed by atoms with Crippen molar-refractivity contribution < 1.29 is 13.2 Å². The van der Waals surface area contributed by atoms with Crippen molar-refractivity contribution in [3.63, 3.8) is 0 Å². The van der Waals surface area contributed by atoms with E-state index in [2.05, 4.69) is 0 Å². The van der Waals surface area contributed by atoms with Gasteiger partial charge in [-0.05, 0) is 19.3 Å². The highest BCUT2D eigenvalue weighted by Crippen LogP contribution is 2.32. The Kier molecular flexibility index (Phi) is 3.55. The molecule has 0 aromatic rings. The minimum absolute atomic E-state index is 0.209. The van der Waals surface area contributed by atoms with Gasteiger partial charge in [0.05, 0.1) is 11.9 Å². The van der Waals surface area contributed by atoms with Gasteiger partial charge in [0.15, 0.2) is 9.84 Å². The summed E-state index contributed by atoms with van der Waals surface area (Å²) < 4.78 is 28.2. The van der Waals surface area contributed by atoms with Crippen molar-refractivity contribution in [3.8, 4) is 0 Å². The Morgan fingerprint density at radius 3 is 2.71 bits per heavy atom. The lowest BCUT2D eigenvalue weighted by atomic mass is 10.0. The first kappa shape index (κ1) is 11.9. The van der Waals surface area contributed by atoms with Gasteiger partial charge in [0.25, 0.3) is 0 Å². The summed E-state index contributed by atoms with van der Waals surface area (Å²) in [5, 5.41) is -0.257. The van der Waals surface area contributed by atoms with Crippen molar-refractivity contribution in [3.05, 3.63) is 0 Å². The number of rotatable bonds is 4. The molecule has 14 heavy (non-hydrogen) atoms. The van der Waals surface area contributed by atoms with E-state index in [0.717, 1.165) is 6.42 Å². The van der Waals surface area contributed by atoms with E-state index in [1.165, 1.54) is 0 Å². The zero-order chi connectivity index (χ0) is 10.8. The molecule has 1 fully saturated rings. The molecule has 1 saturated carbocycles. The monoisotopic (exact) mass is 221 g/mol. The largest absolute Gasteiger partial charge is 0.383 e. The van der Waals surface area contributed by atoms with E-state index in [-0.39, 0.29) is 11.0 Å². The van der Waals surface area contributed by atoms with Crippen molar-refractivity contribution in [1.82, 2.24) is 0 Å². The zero-order valence-electron chi connectivity index (χ0n) is 8.82. The summed E-state index contributed by atoms with van der Waals surface area (Å²) >= 11 is 0. The number of hydrogen-bond donors (Lipinski definition) is 1. The van der Waals surface area contributed by atoms with Crippen molar-refractivity contribution >= 4 is 9.84 Å². The van der Waals surface area contributed by atoms with E-state index < -0.39 is 15.4 Å². The molecule has 1 rings (SSSR count). The van der Waals surface area contributed by atoms with Crippen molar-refractivity contribution in [1.29, 1.82) is 0 Å². The van der Waals surface area contributed by atoms with Crippen LogP contribution in [0.1, 0.15) is 26.2 Å². The Labute approximate surface area is 85.7 Å². The first-order valence-corrected chi connectivity index (χ1v) is 6.64. The molecule has 0 spiro atoms. The summed E-state index contributed by atoms with van der Waals surface area (Å²) in [4.78, 5) is 0. The Morgan fingerprint density at radius 2 is 2.21 bits per heavy atom. The smallest absolute Gasteiger partial charge is 0.152 e. The molecule has 4 nitrogen and oxygen atoms in total. The van der Waals surface area contributed by atoms with Crippen LogP contribution in [0.2, 0.25) is 0 Å². The molecule has 5 heteroatoms. The molecule has 0 saturated heterocycles. The second-order valence-electron chi connectivity index (χ2n) is 4.11. The van der Waals surface area contributed by atoms with Crippen LogP contribution < -0.4 is 5.73 Å². The maximum Gasteiger partial charge on any atom is 0.152 e. The van der Waals surface area contributed by atoms with E-state index in [0.29, 0.717) is 19.4 Å². The third-order valence-corrected chi connectivity index (χ3v) is 5.16. The number of ether oxygens (including phenoxy) is 1. The van der Waals surface area contributed by atoms with Gasteiger partial charge in [-0.2, -0.15) is 0 Å². The maximum absolute atomic E-state index is 11.6. The van der Waals surface area contributed by atoms with Gasteiger partial charge in [-0.3, -0.25) is 0 Å². The summed E-state index contributed by atoms with van der Waals surface area (Å²) in [6.45, 7) is 2.13. The van der Waals surface area contributed by atoms with Crippen LogP contribution >= 0.6 is 0 Å². The van der Waals surface area contributed by atoms with Crippen LogP contribution in [0.15, 0.2) is 0 Å². The summed E-state index contributed by atoms with van der Waals surface area (Å²) in [5.41, 5.74) is 5.59. The highest BCUT2D eigenvalue weighted by molar-refractivity contribution is 7.92. The third kappa shape index (κ3) is 2.46. The van der Waals surface area contributed by atoms with E-state index in [1.54, 1.807) is 14.0 Å². The predicted molar refractivity (Wildman–Crippen MR) is 55.9 cm³/mol. The van der Waals surface area contributed by atoms with Gasteiger partial charge in [0, 0.05) is 18.4 Å². The standard InChI is InChI=1S/C9H19NO3S/c1-3-14(11,12)8-4-5-9(10,6-8)7-13-2/h8H,3-7,10H2,1-2H3/t8-,9-/m0/s1. The quantitative estimate of drug-likeness (QED) is 0.742. The predicted octanol–water partition coefficient (Wildman–Crippen LogP) is 0.317. The summed E-state index contributed by atoms with van der Waals surface area (Å²) in [6.07, 6.45) is 1.96. The topological polar surface area (TPSA) is 69.4 Å². The fourth-order valence-electron chi connectivity index (χ4n) is 2.07. The van der Waals surface area contributed by atoms with Gasteiger partial charge in [-0.25, -0.2) is 8.42 Å².